The second-order valence-corrected chi connectivity index (χ2v) is 6.85. The number of ether oxygens (including phenoxy) is 1. The molecule has 0 aliphatic rings. The summed E-state index contributed by atoms with van der Waals surface area (Å²) in [5.41, 5.74) is 5.61. The number of hydrogen-bond donors (Lipinski definition) is 2. The van der Waals surface area contributed by atoms with Crippen LogP contribution >= 0.6 is 0 Å². The van der Waals surface area contributed by atoms with Crippen molar-refractivity contribution in [2.75, 3.05) is 7.11 Å². The Balaban J connectivity index is 3.29. The first kappa shape index (κ1) is 18.1. The van der Waals surface area contributed by atoms with Gasteiger partial charge >= 0.3 is 5.97 Å². The summed E-state index contributed by atoms with van der Waals surface area (Å²) in [5, 5.41) is 0. The molecule has 0 bridgehead atoms. The van der Waals surface area contributed by atoms with E-state index < -0.39 is 27.9 Å². The van der Waals surface area contributed by atoms with Crippen molar-refractivity contribution in [1.29, 1.82) is 0 Å². The number of esters is 1. The summed E-state index contributed by atoms with van der Waals surface area (Å²) in [7, 11) is -2.79. The lowest BCUT2D eigenvalue weighted by Gasteiger charge is -2.20. The number of rotatable bonds is 6. The smallest absolute Gasteiger partial charge is 0.338 e. The van der Waals surface area contributed by atoms with Crippen molar-refractivity contribution in [3.8, 4) is 0 Å². The first-order valence-corrected chi connectivity index (χ1v) is 8.09. The van der Waals surface area contributed by atoms with E-state index in [2.05, 4.69) is 9.46 Å². The minimum atomic E-state index is -4.00. The molecule has 1 aromatic rings. The highest BCUT2D eigenvalue weighted by molar-refractivity contribution is 7.89. The maximum absolute atomic E-state index is 12.5. The molecule has 0 fully saturated rings. The summed E-state index contributed by atoms with van der Waals surface area (Å²) in [6.45, 7) is 4.85. The first-order valence-electron chi connectivity index (χ1n) is 6.61. The van der Waals surface area contributed by atoms with Gasteiger partial charge in [-0.25, -0.2) is 13.2 Å². The zero-order valence-electron chi connectivity index (χ0n) is 12.9. The fraction of sp³-hybridized carbons (Fsp3) is 0.429. The number of amides is 1. The van der Waals surface area contributed by atoms with Gasteiger partial charge < -0.3 is 10.5 Å². The number of sulfonamides is 1. The van der Waals surface area contributed by atoms with E-state index in [0.29, 0.717) is 0 Å². The van der Waals surface area contributed by atoms with E-state index >= 15 is 0 Å². The Morgan fingerprint density at radius 1 is 1.27 bits per heavy atom. The SMILES string of the molecule is COC(=O)c1cccc(S(=O)(=O)NC(C(N)=O)C(C)C)c1C. The third-order valence-electron chi connectivity index (χ3n) is 3.23. The summed E-state index contributed by atoms with van der Waals surface area (Å²) in [6, 6.07) is 3.21. The second kappa shape index (κ2) is 6.89. The molecule has 1 atom stereocenters. The standard InChI is InChI=1S/C14H20N2O5S/c1-8(2)12(13(15)17)16-22(19,20)11-7-5-6-10(9(11)3)14(18)21-4/h5-8,12,16H,1-4H3,(H2,15,17). The van der Waals surface area contributed by atoms with Crippen LogP contribution in [0.5, 0.6) is 0 Å². The van der Waals surface area contributed by atoms with Gasteiger partial charge in [0, 0.05) is 0 Å². The van der Waals surface area contributed by atoms with Crippen molar-refractivity contribution in [2.24, 2.45) is 11.7 Å². The maximum Gasteiger partial charge on any atom is 0.338 e. The van der Waals surface area contributed by atoms with Gasteiger partial charge in [-0.05, 0) is 30.5 Å². The molecule has 8 heteroatoms. The molecule has 0 saturated heterocycles. The van der Waals surface area contributed by atoms with Crippen molar-refractivity contribution in [1.82, 2.24) is 4.72 Å². The number of primary amides is 1. The van der Waals surface area contributed by atoms with E-state index in [-0.39, 0.29) is 21.9 Å². The Kier molecular flexibility index (Phi) is 5.67. The lowest BCUT2D eigenvalue weighted by atomic mass is 10.1. The van der Waals surface area contributed by atoms with Crippen molar-refractivity contribution in [3.05, 3.63) is 29.3 Å². The van der Waals surface area contributed by atoms with Crippen LogP contribution in [0.2, 0.25) is 0 Å². The summed E-state index contributed by atoms with van der Waals surface area (Å²) in [5.74, 6) is -1.71. The minimum Gasteiger partial charge on any atom is -0.465 e. The van der Waals surface area contributed by atoms with Crippen molar-refractivity contribution >= 4 is 21.9 Å². The summed E-state index contributed by atoms with van der Waals surface area (Å²) in [6.07, 6.45) is 0. The van der Waals surface area contributed by atoms with Crippen LogP contribution in [-0.2, 0) is 19.6 Å². The highest BCUT2D eigenvalue weighted by Crippen LogP contribution is 2.20. The molecule has 1 unspecified atom stereocenters. The Labute approximate surface area is 129 Å². The van der Waals surface area contributed by atoms with E-state index in [0.717, 1.165) is 0 Å². The fourth-order valence-corrected chi connectivity index (χ4v) is 3.61. The Hall–Kier alpha value is -1.93. The molecule has 1 aromatic carbocycles. The van der Waals surface area contributed by atoms with Crippen molar-refractivity contribution in [3.63, 3.8) is 0 Å². The number of nitrogens with one attached hydrogen (secondary N) is 1. The van der Waals surface area contributed by atoms with E-state index in [1.165, 1.54) is 32.2 Å². The molecule has 3 N–H and O–H groups in total. The quantitative estimate of drug-likeness (QED) is 0.741. The fourth-order valence-electron chi connectivity index (χ4n) is 1.99. The normalized spacial score (nSPS) is 13.0. The van der Waals surface area contributed by atoms with Crippen LogP contribution in [0.15, 0.2) is 23.1 Å². The van der Waals surface area contributed by atoms with Crippen molar-refractivity contribution < 1.29 is 22.7 Å². The van der Waals surface area contributed by atoms with Gasteiger partial charge in [-0.1, -0.05) is 19.9 Å². The minimum absolute atomic E-state index is 0.0951. The molecule has 0 aliphatic heterocycles. The largest absolute Gasteiger partial charge is 0.465 e. The average Bonchev–Trinajstić information content (AvgIpc) is 2.43. The Bertz CT molecular complexity index is 682. The third-order valence-corrected chi connectivity index (χ3v) is 4.82. The van der Waals surface area contributed by atoms with Crippen LogP contribution in [-0.4, -0.2) is 33.4 Å². The van der Waals surface area contributed by atoms with Gasteiger partial charge in [0.25, 0.3) is 0 Å². The summed E-state index contributed by atoms with van der Waals surface area (Å²) in [4.78, 5) is 22.9. The molecule has 0 spiro atoms. The zero-order chi connectivity index (χ0) is 17.1. The molecule has 0 radical (unpaired) electrons. The number of nitrogens with two attached hydrogens (primary N) is 1. The van der Waals surface area contributed by atoms with Gasteiger partial charge in [-0.15, -0.1) is 0 Å². The van der Waals surface area contributed by atoms with Gasteiger partial charge in [0.15, 0.2) is 0 Å². The van der Waals surface area contributed by atoms with Gasteiger partial charge in [-0.3, -0.25) is 4.79 Å². The lowest BCUT2D eigenvalue weighted by molar-refractivity contribution is -0.120. The molecule has 0 heterocycles. The highest BCUT2D eigenvalue weighted by atomic mass is 32.2. The van der Waals surface area contributed by atoms with E-state index in [1.807, 2.05) is 0 Å². The third kappa shape index (κ3) is 3.83. The van der Waals surface area contributed by atoms with Crippen LogP contribution < -0.4 is 10.5 Å². The summed E-state index contributed by atoms with van der Waals surface area (Å²) < 4.78 is 31.8. The zero-order valence-corrected chi connectivity index (χ0v) is 13.7. The number of carbonyl (C=O) groups is 2. The van der Waals surface area contributed by atoms with Gasteiger partial charge in [0.2, 0.25) is 15.9 Å². The van der Waals surface area contributed by atoms with Gasteiger partial charge in [0.1, 0.15) is 6.04 Å². The second-order valence-electron chi connectivity index (χ2n) is 5.17. The van der Waals surface area contributed by atoms with Crippen molar-refractivity contribution in [2.45, 2.75) is 31.7 Å². The molecule has 122 valence electrons. The lowest BCUT2D eigenvalue weighted by Crippen LogP contribution is -2.47. The van der Waals surface area contributed by atoms with E-state index in [1.54, 1.807) is 13.8 Å². The monoisotopic (exact) mass is 328 g/mol. The predicted octanol–water partition coefficient (Wildman–Crippen LogP) is 0.570. The molecule has 22 heavy (non-hydrogen) atoms. The van der Waals surface area contributed by atoms with Crippen LogP contribution in [0.25, 0.3) is 0 Å². The Morgan fingerprint density at radius 3 is 2.32 bits per heavy atom. The molecule has 0 aromatic heterocycles. The number of carbonyl (C=O) groups excluding carboxylic acids is 2. The highest BCUT2D eigenvalue weighted by Gasteiger charge is 2.28. The number of methoxy groups -OCH3 is 1. The number of benzene rings is 1. The molecular formula is C14H20N2O5S. The predicted molar refractivity (Wildman–Crippen MR) is 80.7 cm³/mol. The van der Waals surface area contributed by atoms with Crippen LogP contribution in [0.4, 0.5) is 0 Å². The van der Waals surface area contributed by atoms with Gasteiger partial charge in [-0.2, -0.15) is 4.72 Å². The van der Waals surface area contributed by atoms with Crippen LogP contribution in [0.3, 0.4) is 0 Å². The van der Waals surface area contributed by atoms with E-state index in [9.17, 15) is 18.0 Å². The van der Waals surface area contributed by atoms with E-state index in [4.69, 9.17) is 5.73 Å². The molecule has 1 rings (SSSR count). The average molecular weight is 328 g/mol. The molecule has 1 amide bonds. The molecular weight excluding hydrogens is 308 g/mol. The first-order chi connectivity index (χ1) is 10.1. The van der Waals surface area contributed by atoms with Crippen LogP contribution in [0.1, 0.15) is 29.8 Å². The summed E-state index contributed by atoms with van der Waals surface area (Å²) >= 11 is 0. The molecule has 0 saturated carbocycles. The maximum atomic E-state index is 12.5. The molecule has 0 aliphatic carbocycles. The topological polar surface area (TPSA) is 116 Å². The molecule has 7 nitrogen and oxygen atoms in total. The van der Waals surface area contributed by atoms with Crippen LogP contribution in [0, 0.1) is 12.8 Å². The number of hydrogen-bond acceptors (Lipinski definition) is 5. The Morgan fingerprint density at radius 2 is 1.86 bits per heavy atom. The van der Waals surface area contributed by atoms with Gasteiger partial charge in [0.05, 0.1) is 17.6 Å².